The molecule has 0 bridgehead atoms. The van der Waals surface area contributed by atoms with E-state index in [0.717, 1.165) is 0 Å². The number of carbonyl (C=O) groups excluding carboxylic acids is 1. The zero-order chi connectivity index (χ0) is 13.9. The standard InChI is InChI=1S/C12H23NO4/c1-7-12(5,17-6)10(16)13(8-9(14)15)11(2,3)4/h7-8H2,1-6H3,(H,14,15). The molecule has 0 saturated heterocycles. The van der Waals surface area contributed by atoms with Gasteiger partial charge in [-0.05, 0) is 34.1 Å². The summed E-state index contributed by atoms with van der Waals surface area (Å²) in [5.74, 6) is -1.32. The van der Waals surface area contributed by atoms with Crippen molar-refractivity contribution in [3.8, 4) is 0 Å². The topological polar surface area (TPSA) is 66.8 Å². The van der Waals surface area contributed by atoms with E-state index in [1.165, 1.54) is 12.0 Å². The Hall–Kier alpha value is -1.10. The molecule has 0 rings (SSSR count). The predicted octanol–water partition coefficient (Wildman–Crippen LogP) is 1.51. The molecule has 1 N–H and O–H groups in total. The maximum absolute atomic E-state index is 12.3. The first-order valence-corrected chi connectivity index (χ1v) is 5.67. The Balaban J connectivity index is 5.20. The molecular weight excluding hydrogens is 222 g/mol. The third-order valence-corrected chi connectivity index (χ3v) is 2.93. The zero-order valence-corrected chi connectivity index (χ0v) is 11.5. The van der Waals surface area contributed by atoms with Crippen LogP contribution < -0.4 is 0 Å². The minimum atomic E-state index is -1.03. The van der Waals surface area contributed by atoms with Gasteiger partial charge in [-0.2, -0.15) is 0 Å². The molecule has 0 saturated carbocycles. The Morgan fingerprint density at radius 2 is 1.71 bits per heavy atom. The van der Waals surface area contributed by atoms with Gasteiger partial charge in [0, 0.05) is 12.6 Å². The molecule has 0 radical (unpaired) electrons. The van der Waals surface area contributed by atoms with Crippen LogP contribution in [0.5, 0.6) is 0 Å². The summed E-state index contributed by atoms with van der Waals surface area (Å²) < 4.78 is 5.22. The van der Waals surface area contributed by atoms with Crippen LogP contribution in [0.25, 0.3) is 0 Å². The largest absolute Gasteiger partial charge is 0.480 e. The van der Waals surface area contributed by atoms with Crippen molar-refractivity contribution in [2.24, 2.45) is 0 Å². The third-order valence-electron chi connectivity index (χ3n) is 2.93. The Morgan fingerprint density at radius 1 is 1.24 bits per heavy atom. The fraction of sp³-hybridized carbons (Fsp3) is 0.833. The number of hydrogen-bond donors (Lipinski definition) is 1. The van der Waals surface area contributed by atoms with Crippen molar-refractivity contribution in [2.75, 3.05) is 13.7 Å². The molecule has 5 nitrogen and oxygen atoms in total. The minimum Gasteiger partial charge on any atom is -0.480 e. The van der Waals surface area contributed by atoms with Crippen LogP contribution in [0.3, 0.4) is 0 Å². The molecule has 17 heavy (non-hydrogen) atoms. The lowest BCUT2D eigenvalue weighted by atomic mass is 9.97. The van der Waals surface area contributed by atoms with Crippen molar-refractivity contribution in [2.45, 2.75) is 52.2 Å². The SMILES string of the molecule is CCC(C)(OC)C(=O)N(CC(=O)O)C(C)(C)C. The van der Waals surface area contributed by atoms with Crippen LogP contribution in [0, 0.1) is 0 Å². The fourth-order valence-corrected chi connectivity index (χ4v) is 1.42. The number of ether oxygens (including phenoxy) is 1. The summed E-state index contributed by atoms with van der Waals surface area (Å²) in [5, 5.41) is 8.87. The van der Waals surface area contributed by atoms with E-state index in [1.807, 2.05) is 6.92 Å². The highest BCUT2D eigenvalue weighted by atomic mass is 16.5. The van der Waals surface area contributed by atoms with Crippen molar-refractivity contribution in [3.05, 3.63) is 0 Å². The van der Waals surface area contributed by atoms with Crippen LogP contribution in [-0.2, 0) is 14.3 Å². The van der Waals surface area contributed by atoms with Gasteiger partial charge in [0.1, 0.15) is 12.1 Å². The maximum Gasteiger partial charge on any atom is 0.323 e. The molecule has 1 amide bonds. The highest BCUT2D eigenvalue weighted by molar-refractivity contribution is 5.88. The monoisotopic (exact) mass is 245 g/mol. The van der Waals surface area contributed by atoms with E-state index in [1.54, 1.807) is 27.7 Å². The van der Waals surface area contributed by atoms with Crippen LogP contribution in [0.1, 0.15) is 41.0 Å². The minimum absolute atomic E-state index is 0.294. The molecule has 0 aliphatic rings. The number of rotatable bonds is 5. The molecule has 5 heteroatoms. The number of aliphatic carboxylic acids is 1. The first kappa shape index (κ1) is 15.9. The van der Waals surface area contributed by atoms with E-state index in [9.17, 15) is 9.59 Å². The molecule has 0 aromatic carbocycles. The summed E-state index contributed by atoms with van der Waals surface area (Å²) >= 11 is 0. The number of amides is 1. The lowest BCUT2D eigenvalue weighted by Crippen LogP contribution is -2.56. The average Bonchev–Trinajstić information content (AvgIpc) is 2.22. The molecule has 1 atom stereocenters. The number of carbonyl (C=O) groups is 2. The second-order valence-electron chi connectivity index (χ2n) is 5.24. The van der Waals surface area contributed by atoms with Crippen molar-refractivity contribution in [3.63, 3.8) is 0 Å². The van der Waals surface area contributed by atoms with Gasteiger partial charge in [0.25, 0.3) is 5.91 Å². The van der Waals surface area contributed by atoms with Gasteiger partial charge >= 0.3 is 5.97 Å². The quantitative estimate of drug-likeness (QED) is 0.797. The molecule has 0 aliphatic heterocycles. The molecule has 0 aromatic heterocycles. The summed E-state index contributed by atoms with van der Waals surface area (Å²) in [4.78, 5) is 24.5. The van der Waals surface area contributed by atoms with E-state index in [0.29, 0.717) is 6.42 Å². The number of carboxylic acid groups (broad SMARTS) is 1. The Labute approximate surface area is 103 Å². The van der Waals surface area contributed by atoms with Crippen LogP contribution in [0.4, 0.5) is 0 Å². The molecule has 0 aliphatic carbocycles. The molecule has 0 aromatic rings. The van der Waals surface area contributed by atoms with Crippen LogP contribution in [0.2, 0.25) is 0 Å². The second kappa shape index (κ2) is 5.49. The highest BCUT2D eigenvalue weighted by Crippen LogP contribution is 2.23. The van der Waals surface area contributed by atoms with E-state index in [4.69, 9.17) is 9.84 Å². The molecule has 1 unspecified atom stereocenters. The Morgan fingerprint density at radius 3 is 1.94 bits per heavy atom. The van der Waals surface area contributed by atoms with Gasteiger partial charge < -0.3 is 14.7 Å². The number of hydrogen-bond acceptors (Lipinski definition) is 3. The van der Waals surface area contributed by atoms with Gasteiger partial charge in [-0.1, -0.05) is 6.92 Å². The van der Waals surface area contributed by atoms with Crippen molar-refractivity contribution in [1.29, 1.82) is 0 Å². The fourth-order valence-electron chi connectivity index (χ4n) is 1.42. The van der Waals surface area contributed by atoms with Gasteiger partial charge in [-0.15, -0.1) is 0 Å². The number of carboxylic acids is 1. The molecule has 0 fully saturated rings. The first-order valence-electron chi connectivity index (χ1n) is 5.67. The molecule has 0 spiro atoms. The number of nitrogens with zero attached hydrogens (tertiary/aromatic N) is 1. The highest BCUT2D eigenvalue weighted by Gasteiger charge is 2.40. The second-order valence-corrected chi connectivity index (χ2v) is 5.24. The first-order chi connectivity index (χ1) is 7.58. The van der Waals surface area contributed by atoms with Gasteiger partial charge in [-0.25, -0.2) is 0 Å². The van der Waals surface area contributed by atoms with Crippen LogP contribution >= 0.6 is 0 Å². The van der Waals surface area contributed by atoms with Crippen molar-refractivity contribution >= 4 is 11.9 Å². The third kappa shape index (κ3) is 4.00. The van der Waals surface area contributed by atoms with Crippen LogP contribution in [0.15, 0.2) is 0 Å². The van der Waals surface area contributed by atoms with Gasteiger partial charge in [0.2, 0.25) is 0 Å². The summed E-state index contributed by atoms with van der Waals surface area (Å²) in [5.41, 5.74) is -1.52. The lowest BCUT2D eigenvalue weighted by molar-refractivity contribution is -0.163. The predicted molar refractivity (Wildman–Crippen MR) is 64.8 cm³/mol. The van der Waals surface area contributed by atoms with E-state index in [-0.39, 0.29) is 12.5 Å². The maximum atomic E-state index is 12.3. The lowest BCUT2D eigenvalue weighted by Gasteiger charge is -2.40. The summed E-state index contributed by atoms with van der Waals surface area (Å²) in [6.45, 7) is 8.61. The number of methoxy groups -OCH3 is 1. The van der Waals surface area contributed by atoms with Crippen molar-refractivity contribution < 1.29 is 19.4 Å². The van der Waals surface area contributed by atoms with E-state index >= 15 is 0 Å². The molecule has 0 heterocycles. The van der Waals surface area contributed by atoms with Crippen LogP contribution in [-0.4, -0.2) is 46.7 Å². The zero-order valence-electron chi connectivity index (χ0n) is 11.5. The average molecular weight is 245 g/mol. The Kier molecular flexibility index (Phi) is 5.13. The molecule has 100 valence electrons. The smallest absolute Gasteiger partial charge is 0.323 e. The summed E-state index contributed by atoms with van der Waals surface area (Å²) in [7, 11) is 1.46. The Bertz CT molecular complexity index is 289. The van der Waals surface area contributed by atoms with Gasteiger partial charge in [0.05, 0.1) is 0 Å². The van der Waals surface area contributed by atoms with E-state index in [2.05, 4.69) is 0 Å². The van der Waals surface area contributed by atoms with Crippen molar-refractivity contribution in [1.82, 2.24) is 4.90 Å². The van der Waals surface area contributed by atoms with Gasteiger partial charge in [0.15, 0.2) is 0 Å². The summed E-state index contributed by atoms with van der Waals surface area (Å²) in [6.07, 6.45) is 0.495. The summed E-state index contributed by atoms with van der Waals surface area (Å²) in [6, 6.07) is 0. The normalized spacial score (nSPS) is 15.2. The molecular formula is C12H23NO4. The van der Waals surface area contributed by atoms with E-state index < -0.39 is 17.1 Å². The van der Waals surface area contributed by atoms with Gasteiger partial charge in [-0.3, -0.25) is 9.59 Å².